The molecule has 1 N–H and O–H groups in total. The average molecular weight is 311 g/mol. The Bertz CT molecular complexity index is 361. The van der Waals surface area contributed by atoms with E-state index in [1.165, 1.54) is 0 Å². The highest BCUT2D eigenvalue weighted by Gasteiger charge is 2.09. The highest BCUT2D eigenvalue weighted by molar-refractivity contribution is 6.40. The van der Waals surface area contributed by atoms with Gasteiger partial charge in [-0.25, -0.2) is 0 Å². The van der Waals surface area contributed by atoms with Gasteiger partial charge in [0.15, 0.2) is 5.75 Å². The zero-order valence-corrected chi connectivity index (χ0v) is 12.9. The predicted molar refractivity (Wildman–Crippen MR) is 79.3 cm³/mol. The minimum Gasteiger partial charge on any atom is -0.490 e. The average Bonchev–Trinajstić information content (AvgIpc) is 2.27. The summed E-state index contributed by atoms with van der Waals surface area (Å²) in [5.74, 6) is 0.513. The van der Waals surface area contributed by atoms with Crippen molar-refractivity contribution in [3.05, 3.63) is 27.2 Å². The highest BCUT2D eigenvalue weighted by Crippen LogP contribution is 2.35. The third-order valence-corrected chi connectivity index (χ3v) is 3.32. The van der Waals surface area contributed by atoms with E-state index in [1.807, 2.05) is 0 Å². The monoisotopic (exact) mass is 309 g/mol. The molecule has 0 fully saturated rings. The summed E-state index contributed by atoms with van der Waals surface area (Å²) in [4.78, 5) is 0. The fourth-order valence-corrected chi connectivity index (χ4v) is 2.61. The smallest absolute Gasteiger partial charge is 0.156 e. The van der Waals surface area contributed by atoms with E-state index in [-0.39, 0.29) is 0 Å². The molecule has 0 heterocycles. The molecule has 2 nitrogen and oxygen atoms in total. The Hall–Kier alpha value is -0.150. The fraction of sp³-hybridized carbons (Fsp3) is 0.538. The van der Waals surface area contributed by atoms with Crippen LogP contribution in [0.3, 0.4) is 0 Å². The number of hydrogen-bond donors (Lipinski definition) is 1. The molecule has 0 bridgehead atoms. The molecule has 0 saturated carbocycles. The summed E-state index contributed by atoms with van der Waals surface area (Å²) in [6.45, 7) is 5.83. The van der Waals surface area contributed by atoms with Crippen molar-refractivity contribution in [2.24, 2.45) is 0 Å². The van der Waals surface area contributed by atoms with Gasteiger partial charge in [0.25, 0.3) is 0 Å². The van der Waals surface area contributed by atoms with E-state index in [0.717, 1.165) is 19.4 Å². The lowest BCUT2D eigenvalue weighted by Gasteiger charge is -2.13. The van der Waals surface area contributed by atoms with Gasteiger partial charge in [-0.1, -0.05) is 41.7 Å². The summed E-state index contributed by atoms with van der Waals surface area (Å²) in [7, 11) is 0. The van der Waals surface area contributed by atoms with Crippen molar-refractivity contribution in [1.29, 1.82) is 0 Å². The molecule has 0 aliphatic rings. The van der Waals surface area contributed by atoms with Crippen molar-refractivity contribution in [2.45, 2.75) is 32.7 Å². The molecule has 0 amide bonds. The van der Waals surface area contributed by atoms with Crippen LogP contribution in [0.15, 0.2) is 12.1 Å². The van der Waals surface area contributed by atoms with Crippen LogP contribution in [0, 0.1) is 0 Å². The first-order valence-electron chi connectivity index (χ1n) is 6.05. The summed E-state index contributed by atoms with van der Waals surface area (Å²) in [5.41, 5.74) is 0. The van der Waals surface area contributed by atoms with Gasteiger partial charge in [0.1, 0.15) is 0 Å². The minimum atomic E-state index is 0.451. The lowest BCUT2D eigenvalue weighted by Crippen LogP contribution is -2.25. The summed E-state index contributed by atoms with van der Waals surface area (Å²) in [5, 5.41) is 4.76. The van der Waals surface area contributed by atoms with Crippen molar-refractivity contribution in [3.63, 3.8) is 0 Å². The van der Waals surface area contributed by atoms with Crippen LogP contribution in [-0.2, 0) is 0 Å². The number of halogens is 3. The Morgan fingerprint density at radius 1 is 1.22 bits per heavy atom. The van der Waals surface area contributed by atoms with Gasteiger partial charge in [0, 0.05) is 11.1 Å². The maximum atomic E-state index is 6.02. The predicted octanol–water partition coefficient (Wildman–Crippen LogP) is 4.80. The Morgan fingerprint density at radius 2 is 1.83 bits per heavy atom. The molecule has 1 rings (SSSR count). The lowest BCUT2D eigenvalue weighted by atomic mass is 10.2. The van der Waals surface area contributed by atoms with Crippen LogP contribution < -0.4 is 10.1 Å². The maximum absolute atomic E-state index is 6.02. The van der Waals surface area contributed by atoms with Gasteiger partial charge in [-0.05, 0) is 38.4 Å². The lowest BCUT2D eigenvalue weighted by molar-refractivity contribution is 0.299. The van der Waals surface area contributed by atoms with Crippen molar-refractivity contribution in [3.8, 4) is 5.75 Å². The molecule has 1 aromatic carbocycles. The highest BCUT2D eigenvalue weighted by atomic mass is 35.5. The number of ether oxygens (including phenoxy) is 1. The second-order valence-corrected chi connectivity index (χ2v) is 5.40. The summed E-state index contributed by atoms with van der Waals surface area (Å²) in [6.07, 6.45) is 2.00. The van der Waals surface area contributed by atoms with Gasteiger partial charge in [-0.3, -0.25) is 0 Å². The number of benzene rings is 1. The van der Waals surface area contributed by atoms with Gasteiger partial charge < -0.3 is 10.1 Å². The molecule has 1 atom stereocenters. The number of nitrogens with one attached hydrogen (secondary N) is 1. The standard InChI is InChI=1S/C13H18Cl3NO/c1-3-17-9(2)5-4-6-18-13-11(15)7-10(14)8-12(13)16/h7-9,17H,3-6H2,1-2H3. The Labute approximate surface area is 124 Å². The number of hydrogen-bond acceptors (Lipinski definition) is 2. The van der Waals surface area contributed by atoms with Gasteiger partial charge in [0.2, 0.25) is 0 Å². The minimum absolute atomic E-state index is 0.451. The first-order valence-corrected chi connectivity index (χ1v) is 7.18. The molecule has 0 aliphatic heterocycles. The van der Waals surface area contributed by atoms with Crippen LogP contribution in [0.4, 0.5) is 0 Å². The molecular weight excluding hydrogens is 293 g/mol. The molecule has 18 heavy (non-hydrogen) atoms. The second-order valence-electron chi connectivity index (χ2n) is 4.15. The molecule has 0 radical (unpaired) electrons. The van der Waals surface area contributed by atoms with Crippen LogP contribution in [0.25, 0.3) is 0 Å². The summed E-state index contributed by atoms with van der Waals surface area (Å²) >= 11 is 17.9. The van der Waals surface area contributed by atoms with Gasteiger partial charge in [-0.15, -0.1) is 0 Å². The third-order valence-electron chi connectivity index (χ3n) is 2.54. The molecular formula is C13H18Cl3NO. The van der Waals surface area contributed by atoms with Gasteiger partial charge in [0.05, 0.1) is 16.7 Å². The third kappa shape index (κ3) is 5.23. The molecule has 1 unspecified atom stereocenters. The van der Waals surface area contributed by atoms with Crippen molar-refractivity contribution >= 4 is 34.8 Å². The van der Waals surface area contributed by atoms with Crippen LogP contribution in [-0.4, -0.2) is 19.2 Å². The van der Waals surface area contributed by atoms with Crippen LogP contribution >= 0.6 is 34.8 Å². The normalized spacial score (nSPS) is 12.5. The molecule has 5 heteroatoms. The van der Waals surface area contributed by atoms with Crippen molar-refractivity contribution in [2.75, 3.05) is 13.2 Å². The molecule has 0 spiro atoms. The fourth-order valence-electron chi connectivity index (χ4n) is 1.68. The van der Waals surface area contributed by atoms with Gasteiger partial charge in [-0.2, -0.15) is 0 Å². The number of rotatable bonds is 7. The van der Waals surface area contributed by atoms with E-state index in [1.54, 1.807) is 12.1 Å². The van der Waals surface area contributed by atoms with Crippen LogP contribution in [0.2, 0.25) is 15.1 Å². The Balaban J connectivity index is 2.40. The first kappa shape index (κ1) is 15.9. The van der Waals surface area contributed by atoms with Crippen molar-refractivity contribution in [1.82, 2.24) is 5.32 Å². The first-order chi connectivity index (χ1) is 8.54. The molecule has 102 valence electrons. The second kappa shape index (κ2) is 8.11. The summed E-state index contributed by atoms with van der Waals surface area (Å²) in [6, 6.07) is 3.76. The quantitative estimate of drug-likeness (QED) is 0.730. The Kier molecular flexibility index (Phi) is 7.16. The zero-order valence-electron chi connectivity index (χ0n) is 10.6. The topological polar surface area (TPSA) is 21.3 Å². The van der Waals surface area contributed by atoms with Crippen LogP contribution in [0.1, 0.15) is 26.7 Å². The molecule has 0 aromatic heterocycles. The van der Waals surface area contributed by atoms with Crippen molar-refractivity contribution < 1.29 is 4.74 Å². The zero-order chi connectivity index (χ0) is 13.5. The van der Waals surface area contributed by atoms with E-state index in [4.69, 9.17) is 39.5 Å². The van der Waals surface area contributed by atoms with E-state index in [0.29, 0.717) is 33.5 Å². The van der Waals surface area contributed by atoms with Crippen LogP contribution in [0.5, 0.6) is 5.75 Å². The molecule has 0 saturated heterocycles. The molecule has 0 aliphatic carbocycles. The Morgan fingerprint density at radius 3 is 2.39 bits per heavy atom. The largest absolute Gasteiger partial charge is 0.490 e. The molecule has 1 aromatic rings. The maximum Gasteiger partial charge on any atom is 0.156 e. The van der Waals surface area contributed by atoms with E-state index >= 15 is 0 Å². The van der Waals surface area contributed by atoms with E-state index in [9.17, 15) is 0 Å². The van der Waals surface area contributed by atoms with Gasteiger partial charge >= 0.3 is 0 Å². The van der Waals surface area contributed by atoms with E-state index in [2.05, 4.69) is 19.2 Å². The van der Waals surface area contributed by atoms with E-state index < -0.39 is 0 Å². The summed E-state index contributed by atoms with van der Waals surface area (Å²) < 4.78 is 5.60. The SMILES string of the molecule is CCNC(C)CCCOc1c(Cl)cc(Cl)cc1Cl.